The quantitative estimate of drug-likeness (QED) is 0.158. The fourth-order valence-corrected chi connectivity index (χ4v) is 8.17. The molecule has 0 spiro atoms. The number of imidazole rings is 1. The van der Waals surface area contributed by atoms with E-state index < -0.39 is 12.7 Å². The summed E-state index contributed by atoms with van der Waals surface area (Å²) in [7, 11) is 0. The SMILES string of the molecule is [2H]C([2H])([2H])c1cnc(-c2cc(-c3cccc4c3nc(-c3cc(C(C)(C)C)ccc3O)n4-c3ccccc3-c3ccccc3)cc(C([2H])(C)C)c2)cc1-c1ccc(Cc2ccccc2)cc1. The number of nitrogens with zero attached hydrogens (tertiary/aromatic N) is 3. The lowest BCUT2D eigenvalue weighted by atomic mass is 9.86. The third-order valence-corrected chi connectivity index (χ3v) is 11.6. The molecule has 0 fully saturated rings. The Morgan fingerprint density at radius 1 is 0.623 bits per heavy atom. The Morgan fingerprint density at radius 2 is 1.30 bits per heavy atom. The van der Waals surface area contributed by atoms with Crippen LogP contribution in [0.1, 0.15) is 73.8 Å². The Kier molecular flexibility index (Phi) is 9.24. The average molecular weight is 798 g/mol. The maximum absolute atomic E-state index is 11.6. The minimum absolute atomic E-state index is 0.127. The lowest BCUT2D eigenvalue weighted by Crippen LogP contribution is -2.11. The molecule has 61 heavy (non-hydrogen) atoms. The number of aryl methyl sites for hydroxylation is 1. The normalized spacial score (nSPS) is 13.1. The highest BCUT2D eigenvalue weighted by molar-refractivity contribution is 5.97. The second kappa shape index (κ2) is 16.2. The maximum atomic E-state index is 11.6. The molecule has 7 aromatic carbocycles. The number of pyridine rings is 1. The molecule has 1 N–H and O–H groups in total. The molecule has 0 aliphatic carbocycles. The van der Waals surface area contributed by atoms with Crippen LogP contribution in [-0.2, 0) is 11.8 Å². The van der Waals surface area contributed by atoms with Crippen molar-refractivity contribution in [3.8, 4) is 67.5 Å². The Balaban J connectivity index is 1.24. The number of aromatic nitrogens is 3. The van der Waals surface area contributed by atoms with Gasteiger partial charge < -0.3 is 5.11 Å². The lowest BCUT2D eigenvalue weighted by molar-refractivity contribution is 0.475. The van der Waals surface area contributed by atoms with Gasteiger partial charge in [-0.3, -0.25) is 9.55 Å². The Morgan fingerprint density at radius 3 is 2.03 bits per heavy atom. The minimum atomic E-state index is -2.40. The molecule has 4 heteroatoms. The molecule has 0 unspecified atom stereocenters. The molecule has 0 radical (unpaired) electrons. The molecule has 4 nitrogen and oxygen atoms in total. The van der Waals surface area contributed by atoms with Crippen LogP contribution >= 0.6 is 0 Å². The van der Waals surface area contributed by atoms with E-state index in [1.165, 1.54) is 11.8 Å². The second-order valence-corrected chi connectivity index (χ2v) is 17.1. The third-order valence-electron chi connectivity index (χ3n) is 11.6. The number of rotatable bonds is 9. The molecule has 0 aliphatic heterocycles. The summed E-state index contributed by atoms with van der Waals surface area (Å²) in [5.74, 6) is -0.271. The molecule has 0 saturated carbocycles. The molecule has 0 saturated heterocycles. The van der Waals surface area contributed by atoms with E-state index in [0.717, 1.165) is 73.2 Å². The van der Waals surface area contributed by atoms with Gasteiger partial charge >= 0.3 is 0 Å². The van der Waals surface area contributed by atoms with E-state index >= 15 is 0 Å². The molecule has 9 rings (SSSR count). The van der Waals surface area contributed by atoms with Crippen molar-refractivity contribution in [2.24, 2.45) is 0 Å². The average Bonchev–Trinajstić information content (AvgIpc) is 3.68. The van der Waals surface area contributed by atoms with Crippen LogP contribution in [-0.4, -0.2) is 19.6 Å². The maximum Gasteiger partial charge on any atom is 0.149 e. The van der Waals surface area contributed by atoms with E-state index in [9.17, 15) is 6.48 Å². The first-order valence-electron chi connectivity index (χ1n) is 22.8. The molecular formula is C57H51N3O. The van der Waals surface area contributed by atoms with Gasteiger partial charge in [-0.1, -0.05) is 162 Å². The van der Waals surface area contributed by atoms with Crippen LogP contribution in [0.5, 0.6) is 5.75 Å². The van der Waals surface area contributed by atoms with Crippen molar-refractivity contribution in [3.63, 3.8) is 0 Å². The Hall–Kier alpha value is -7.04. The van der Waals surface area contributed by atoms with Crippen molar-refractivity contribution in [2.45, 2.75) is 59.2 Å². The van der Waals surface area contributed by atoms with E-state index in [4.69, 9.17) is 14.1 Å². The van der Waals surface area contributed by atoms with E-state index in [-0.39, 0.29) is 16.7 Å². The predicted octanol–water partition coefficient (Wildman–Crippen LogP) is 14.8. The van der Waals surface area contributed by atoms with E-state index in [1.54, 1.807) is 6.07 Å². The summed E-state index contributed by atoms with van der Waals surface area (Å²) in [4.78, 5) is 10.3. The zero-order valence-corrected chi connectivity index (χ0v) is 35.2. The smallest absolute Gasteiger partial charge is 0.149 e. The molecule has 0 bridgehead atoms. The van der Waals surface area contributed by atoms with Gasteiger partial charge in [0.2, 0.25) is 0 Å². The van der Waals surface area contributed by atoms with Gasteiger partial charge in [0.25, 0.3) is 0 Å². The predicted molar refractivity (Wildman–Crippen MR) is 254 cm³/mol. The first-order valence-corrected chi connectivity index (χ1v) is 20.8. The first kappa shape index (κ1) is 34.8. The van der Waals surface area contributed by atoms with Crippen LogP contribution in [0.25, 0.3) is 72.7 Å². The minimum Gasteiger partial charge on any atom is -0.507 e. The number of phenolic OH excluding ortho intramolecular Hbond substituents is 1. The van der Waals surface area contributed by atoms with Gasteiger partial charge in [-0.25, -0.2) is 4.98 Å². The van der Waals surface area contributed by atoms with Gasteiger partial charge in [0, 0.05) is 28.4 Å². The standard InChI is InChI=1S/C57H51N3O/c1-37(2)43-31-44(33-45(32-43)51-35-49(38(3)36-58-51)42-26-24-40(25-27-42)30-39-16-9-7-10-17-39)48-21-15-23-53-55(48)59-56(50-34-46(57(4,5)6)28-29-54(50)61)60(53)52-22-14-13-20-47(52)41-18-11-8-12-19-41/h7-29,31-37,61H,30H2,1-6H3/i3D3,37D. The largest absolute Gasteiger partial charge is 0.507 e. The summed E-state index contributed by atoms with van der Waals surface area (Å²) in [5, 5.41) is 11.6. The topological polar surface area (TPSA) is 50.9 Å². The summed E-state index contributed by atoms with van der Waals surface area (Å²) < 4.78 is 36.8. The summed E-state index contributed by atoms with van der Waals surface area (Å²) in [5.41, 5.74) is 13.7. The van der Waals surface area contributed by atoms with Gasteiger partial charge in [0.1, 0.15) is 11.6 Å². The zero-order valence-electron chi connectivity index (χ0n) is 39.2. The van der Waals surface area contributed by atoms with Gasteiger partial charge in [-0.2, -0.15) is 0 Å². The number of phenols is 1. The number of para-hydroxylation sites is 2. The molecule has 300 valence electrons. The van der Waals surface area contributed by atoms with Gasteiger partial charge in [0.15, 0.2) is 0 Å². The highest BCUT2D eigenvalue weighted by Crippen LogP contribution is 2.42. The van der Waals surface area contributed by atoms with Crippen LogP contribution in [0.3, 0.4) is 0 Å². The van der Waals surface area contributed by atoms with E-state index in [2.05, 4.69) is 86.0 Å². The van der Waals surface area contributed by atoms with E-state index in [0.29, 0.717) is 22.6 Å². The zero-order chi connectivity index (χ0) is 45.7. The molecular weight excluding hydrogens is 743 g/mol. The van der Waals surface area contributed by atoms with Gasteiger partial charge in [-0.15, -0.1) is 0 Å². The first-order chi connectivity index (χ1) is 31.0. The molecule has 2 aromatic heterocycles. The molecule has 9 aromatic rings. The monoisotopic (exact) mass is 797 g/mol. The van der Waals surface area contributed by atoms with Crippen LogP contribution in [0.2, 0.25) is 0 Å². The van der Waals surface area contributed by atoms with E-state index in [1.807, 2.05) is 117 Å². The number of hydrogen-bond acceptors (Lipinski definition) is 3. The van der Waals surface area contributed by atoms with Crippen molar-refractivity contribution >= 4 is 11.0 Å². The summed E-state index contributed by atoms with van der Waals surface area (Å²) in [6, 6.07) is 56.7. The fraction of sp³-hybridized carbons (Fsp3) is 0.158. The van der Waals surface area contributed by atoms with Crippen LogP contribution in [0, 0.1) is 6.85 Å². The van der Waals surface area contributed by atoms with Gasteiger partial charge in [-0.05, 0) is 117 Å². The van der Waals surface area contributed by atoms with Crippen molar-refractivity contribution in [2.75, 3.05) is 0 Å². The van der Waals surface area contributed by atoms with Crippen molar-refractivity contribution in [1.29, 1.82) is 0 Å². The van der Waals surface area contributed by atoms with Crippen LogP contribution in [0.15, 0.2) is 176 Å². The third kappa shape index (κ3) is 7.90. The molecule has 2 heterocycles. The second-order valence-electron chi connectivity index (χ2n) is 17.1. The van der Waals surface area contributed by atoms with Crippen LogP contribution in [0.4, 0.5) is 0 Å². The van der Waals surface area contributed by atoms with Crippen molar-refractivity contribution < 1.29 is 10.6 Å². The number of hydrogen-bond donors (Lipinski definition) is 1. The number of benzene rings is 7. The van der Waals surface area contributed by atoms with Crippen LogP contribution < -0.4 is 0 Å². The van der Waals surface area contributed by atoms with Gasteiger partial charge in [0.05, 0.1) is 28.0 Å². The summed E-state index contributed by atoms with van der Waals surface area (Å²) in [6.45, 7) is 7.80. The summed E-state index contributed by atoms with van der Waals surface area (Å²) >= 11 is 0. The Labute approximate surface area is 365 Å². The molecule has 0 amide bonds. The number of fused-ring (bicyclic) bond motifs is 1. The Bertz CT molecular complexity index is 3180. The summed E-state index contributed by atoms with van der Waals surface area (Å²) in [6.07, 6.45) is 2.24. The number of aromatic hydroxyl groups is 1. The highest BCUT2D eigenvalue weighted by atomic mass is 16.3. The molecule has 0 aliphatic rings. The highest BCUT2D eigenvalue weighted by Gasteiger charge is 2.24. The van der Waals surface area contributed by atoms with Crippen molar-refractivity contribution in [1.82, 2.24) is 14.5 Å². The molecule has 0 atom stereocenters. The lowest BCUT2D eigenvalue weighted by Gasteiger charge is -2.21. The van der Waals surface area contributed by atoms with Crippen molar-refractivity contribution in [3.05, 3.63) is 204 Å². The fourth-order valence-electron chi connectivity index (χ4n) is 8.17.